The molecule has 0 spiro atoms. The summed E-state index contributed by atoms with van der Waals surface area (Å²) >= 11 is 0. The van der Waals surface area contributed by atoms with Crippen LogP contribution < -0.4 is 0 Å². The molecule has 0 aliphatic carbocycles. The van der Waals surface area contributed by atoms with Crippen LogP contribution in [0, 0.1) is 23.7 Å². The monoisotopic (exact) mass is 420 g/mol. The first-order chi connectivity index (χ1) is 12.3. The molecule has 0 aliphatic rings. The smallest absolute Gasteiger partial charge is 0.0965 e. The molecule has 2 heterocycles. The second-order valence-electron chi connectivity index (χ2n) is 5.64. The Kier molecular flexibility index (Phi) is 5.43. The van der Waals surface area contributed by atoms with Crippen LogP contribution in [0.25, 0.3) is 21.8 Å². The minimum Gasteiger partial charge on any atom is -0.254 e. The maximum atomic E-state index is 4.58. The molecule has 0 amide bonds. The number of aromatic nitrogens is 2. The molecule has 26 heavy (non-hydrogen) atoms. The van der Waals surface area contributed by atoms with E-state index in [0.717, 1.165) is 38.5 Å². The Morgan fingerprint density at radius 1 is 0.692 bits per heavy atom. The Morgan fingerprint density at radius 3 is 2.12 bits per heavy atom. The number of hydrogen-bond donors (Lipinski definition) is 0. The average Bonchev–Trinajstić information content (AvgIpc) is 2.67. The van der Waals surface area contributed by atoms with Crippen molar-refractivity contribution >= 4 is 21.8 Å². The summed E-state index contributed by atoms with van der Waals surface area (Å²) in [6, 6.07) is 18.1. The van der Waals surface area contributed by atoms with Crippen LogP contribution in [0.1, 0.15) is 23.6 Å². The molecule has 0 saturated carbocycles. The third-order valence-corrected chi connectivity index (χ3v) is 3.93. The van der Waals surface area contributed by atoms with Crippen molar-refractivity contribution < 1.29 is 19.5 Å². The van der Waals surface area contributed by atoms with Crippen LogP contribution >= 0.6 is 0 Å². The molecule has 3 heteroatoms. The van der Waals surface area contributed by atoms with Gasteiger partial charge in [0.1, 0.15) is 0 Å². The van der Waals surface area contributed by atoms with E-state index in [1.807, 2.05) is 43.3 Å². The van der Waals surface area contributed by atoms with Crippen molar-refractivity contribution in [2.24, 2.45) is 0 Å². The molecule has 0 radical (unpaired) electrons. The van der Waals surface area contributed by atoms with Gasteiger partial charge in [-0.25, -0.2) is 0 Å². The molecule has 0 atom stereocenters. The normalized spacial score (nSPS) is 9.58. The fraction of sp³-hybridized carbons (Fsp3) is 0.0435. The molecule has 0 N–H and O–H groups in total. The molecule has 0 bridgehead atoms. The van der Waals surface area contributed by atoms with E-state index in [-0.39, 0.29) is 19.5 Å². The van der Waals surface area contributed by atoms with Crippen LogP contribution in [0.15, 0.2) is 67.0 Å². The molecule has 4 aromatic rings. The minimum atomic E-state index is 0. The number of fused-ring (bicyclic) bond motifs is 3. The second-order valence-corrected chi connectivity index (χ2v) is 5.64. The van der Waals surface area contributed by atoms with Crippen molar-refractivity contribution in [1.82, 2.24) is 9.97 Å². The molecule has 4 rings (SSSR count). The standard InChI is InChI=1S/C23H14N2.Ru/c1-2-4-17-6-8-18(9-7-17)10-11-19-15-21-13-12-20-5-3-14-24-22(20)23(21)25-16-19;/h3,5-9,12-16H,1H3;. The van der Waals surface area contributed by atoms with E-state index in [1.54, 1.807) is 12.4 Å². The van der Waals surface area contributed by atoms with Gasteiger partial charge in [-0.2, -0.15) is 0 Å². The fourth-order valence-electron chi connectivity index (χ4n) is 2.73. The molecule has 0 unspecified atom stereocenters. The van der Waals surface area contributed by atoms with Crippen LogP contribution in [0.5, 0.6) is 0 Å². The van der Waals surface area contributed by atoms with Crippen LogP contribution in [0.3, 0.4) is 0 Å². The number of pyridine rings is 2. The Morgan fingerprint density at radius 2 is 1.35 bits per heavy atom. The van der Waals surface area contributed by atoms with Gasteiger partial charge >= 0.3 is 0 Å². The largest absolute Gasteiger partial charge is 0.254 e. The van der Waals surface area contributed by atoms with Gasteiger partial charge in [-0.05, 0) is 43.3 Å². The van der Waals surface area contributed by atoms with Gasteiger partial charge in [-0.3, -0.25) is 9.97 Å². The predicted octanol–water partition coefficient (Wildman–Crippen LogP) is 4.55. The maximum absolute atomic E-state index is 4.58. The fourth-order valence-corrected chi connectivity index (χ4v) is 2.73. The Balaban J connectivity index is 0.00000196. The van der Waals surface area contributed by atoms with Crippen molar-refractivity contribution in [3.8, 4) is 23.7 Å². The quantitative estimate of drug-likeness (QED) is 0.237. The Hall–Kier alpha value is -3.00. The van der Waals surface area contributed by atoms with Gasteiger partial charge in [0.05, 0.1) is 11.0 Å². The summed E-state index contributed by atoms with van der Waals surface area (Å²) in [4.78, 5) is 9.02. The summed E-state index contributed by atoms with van der Waals surface area (Å²) in [7, 11) is 0. The van der Waals surface area contributed by atoms with E-state index in [0.29, 0.717) is 0 Å². The molecule has 2 aromatic heterocycles. The summed E-state index contributed by atoms with van der Waals surface area (Å²) in [5.41, 5.74) is 4.68. The molecule has 124 valence electrons. The second kappa shape index (κ2) is 7.92. The zero-order chi connectivity index (χ0) is 17.1. The number of benzene rings is 2. The summed E-state index contributed by atoms with van der Waals surface area (Å²) in [5, 5.41) is 2.14. The zero-order valence-corrected chi connectivity index (χ0v) is 15.8. The molecular weight excluding hydrogens is 405 g/mol. The molecular formula is C23H14N2Ru. The van der Waals surface area contributed by atoms with Crippen molar-refractivity contribution in [1.29, 1.82) is 0 Å². The van der Waals surface area contributed by atoms with Crippen molar-refractivity contribution in [3.05, 3.63) is 83.7 Å². The SMILES string of the molecule is CC#Cc1ccc(C#Cc2cnc3c(ccc4cccnc43)c2)cc1.[Ru]. The number of rotatable bonds is 0. The van der Waals surface area contributed by atoms with E-state index in [1.165, 1.54) is 0 Å². The summed E-state index contributed by atoms with van der Waals surface area (Å²) < 4.78 is 0. The van der Waals surface area contributed by atoms with Crippen molar-refractivity contribution in [3.63, 3.8) is 0 Å². The first-order valence-corrected chi connectivity index (χ1v) is 8.02. The maximum Gasteiger partial charge on any atom is 0.0965 e. The van der Waals surface area contributed by atoms with Gasteiger partial charge in [-0.15, -0.1) is 5.92 Å². The van der Waals surface area contributed by atoms with Crippen LogP contribution in [-0.4, -0.2) is 9.97 Å². The topological polar surface area (TPSA) is 25.8 Å². The van der Waals surface area contributed by atoms with Gasteiger partial charge in [-0.1, -0.05) is 36.0 Å². The average molecular weight is 419 g/mol. The van der Waals surface area contributed by atoms with Gasteiger partial charge in [0, 0.05) is 59.3 Å². The number of nitrogens with zero attached hydrogens (tertiary/aromatic N) is 2. The van der Waals surface area contributed by atoms with E-state index >= 15 is 0 Å². The molecule has 2 nitrogen and oxygen atoms in total. The molecule has 0 saturated heterocycles. The van der Waals surface area contributed by atoms with Gasteiger partial charge in [0.2, 0.25) is 0 Å². The van der Waals surface area contributed by atoms with Gasteiger partial charge < -0.3 is 0 Å². The van der Waals surface area contributed by atoms with E-state index in [2.05, 4.69) is 51.8 Å². The van der Waals surface area contributed by atoms with E-state index in [4.69, 9.17) is 0 Å². The number of hydrogen-bond acceptors (Lipinski definition) is 2. The first kappa shape index (κ1) is 17.8. The molecule has 2 aromatic carbocycles. The van der Waals surface area contributed by atoms with Gasteiger partial charge in [0.25, 0.3) is 0 Å². The summed E-state index contributed by atoms with van der Waals surface area (Å²) in [5.74, 6) is 12.3. The minimum absolute atomic E-state index is 0. The first-order valence-electron chi connectivity index (χ1n) is 8.02. The Labute approximate surface area is 165 Å². The summed E-state index contributed by atoms with van der Waals surface area (Å²) in [6.07, 6.45) is 3.60. The van der Waals surface area contributed by atoms with Crippen LogP contribution in [0.2, 0.25) is 0 Å². The third kappa shape index (κ3) is 3.65. The van der Waals surface area contributed by atoms with Crippen molar-refractivity contribution in [2.45, 2.75) is 6.92 Å². The molecule has 0 aliphatic heterocycles. The van der Waals surface area contributed by atoms with Crippen LogP contribution in [0.4, 0.5) is 0 Å². The molecule has 0 fully saturated rings. The zero-order valence-electron chi connectivity index (χ0n) is 14.1. The Bertz CT molecular complexity index is 1200. The summed E-state index contributed by atoms with van der Waals surface area (Å²) in [6.45, 7) is 1.83. The third-order valence-electron chi connectivity index (χ3n) is 3.93. The van der Waals surface area contributed by atoms with Crippen LogP contribution in [-0.2, 0) is 19.5 Å². The van der Waals surface area contributed by atoms with Crippen molar-refractivity contribution in [2.75, 3.05) is 0 Å². The van der Waals surface area contributed by atoms with E-state index in [9.17, 15) is 0 Å². The predicted molar refractivity (Wildman–Crippen MR) is 102 cm³/mol. The van der Waals surface area contributed by atoms with Gasteiger partial charge in [0.15, 0.2) is 0 Å². The van der Waals surface area contributed by atoms with E-state index < -0.39 is 0 Å².